The van der Waals surface area contributed by atoms with E-state index < -0.39 is 11.9 Å². The minimum absolute atomic E-state index is 0.0347. The molecule has 1 amide bonds. The number of hydrogen-bond donors (Lipinski definition) is 3. The number of aromatic nitrogens is 3. The molecule has 0 radical (unpaired) electrons. The number of aliphatic carboxylic acids is 1. The van der Waals surface area contributed by atoms with Crippen LogP contribution >= 0.6 is 0 Å². The molecular weight excluding hydrogens is 226 g/mol. The van der Waals surface area contributed by atoms with E-state index in [0.29, 0.717) is 19.4 Å². The molecule has 1 aliphatic rings. The molecule has 0 spiro atoms. The number of rotatable bonds is 2. The maximum Gasteiger partial charge on any atom is 0.308 e. The molecule has 0 aromatic carbocycles. The fourth-order valence-electron chi connectivity index (χ4n) is 1.91. The number of nitrogens with zero attached hydrogens (tertiary/aromatic N) is 3. The SMILES string of the molecule is Nc1n[nH]nc1C(=O)N1CCCC(C(=O)O)C1. The van der Waals surface area contributed by atoms with Crippen molar-refractivity contribution in [3.05, 3.63) is 5.69 Å². The van der Waals surface area contributed by atoms with Crippen LogP contribution in [-0.4, -0.2) is 50.4 Å². The number of aromatic amines is 1. The average Bonchev–Trinajstić information content (AvgIpc) is 2.74. The molecular formula is C9H13N5O3. The highest BCUT2D eigenvalue weighted by Crippen LogP contribution is 2.19. The number of hydrogen-bond acceptors (Lipinski definition) is 5. The molecule has 1 aromatic rings. The van der Waals surface area contributed by atoms with Gasteiger partial charge >= 0.3 is 5.97 Å². The fraction of sp³-hybridized carbons (Fsp3) is 0.556. The van der Waals surface area contributed by atoms with Crippen molar-refractivity contribution in [1.29, 1.82) is 0 Å². The van der Waals surface area contributed by atoms with Crippen molar-refractivity contribution in [2.75, 3.05) is 18.8 Å². The van der Waals surface area contributed by atoms with Crippen LogP contribution in [0.2, 0.25) is 0 Å². The van der Waals surface area contributed by atoms with Gasteiger partial charge in [0.2, 0.25) is 0 Å². The number of H-pyrrole nitrogens is 1. The second-order valence-corrected chi connectivity index (χ2v) is 3.99. The monoisotopic (exact) mass is 239 g/mol. The zero-order valence-electron chi connectivity index (χ0n) is 9.09. The zero-order chi connectivity index (χ0) is 12.4. The van der Waals surface area contributed by atoms with Crippen molar-refractivity contribution >= 4 is 17.7 Å². The molecule has 2 rings (SSSR count). The number of carbonyl (C=O) groups excluding carboxylic acids is 1. The normalized spacial score (nSPS) is 20.2. The predicted octanol–water partition coefficient (Wildman–Crippen LogP) is -0.676. The van der Waals surface area contributed by atoms with Crippen LogP contribution in [0.5, 0.6) is 0 Å². The number of carboxylic acids is 1. The molecule has 1 aromatic heterocycles. The van der Waals surface area contributed by atoms with Crippen molar-refractivity contribution in [2.45, 2.75) is 12.8 Å². The first-order chi connectivity index (χ1) is 8.09. The Balaban J connectivity index is 2.10. The van der Waals surface area contributed by atoms with Crippen molar-refractivity contribution in [3.63, 3.8) is 0 Å². The largest absolute Gasteiger partial charge is 0.481 e. The maximum absolute atomic E-state index is 12.0. The van der Waals surface area contributed by atoms with Gasteiger partial charge < -0.3 is 15.7 Å². The summed E-state index contributed by atoms with van der Waals surface area (Å²) in [6.45, 7) is 0.718. The van der Waals surface area contributed by atoms with Gasteiger partial charge in [0.1, 0.15) is 0 Å². The van der Waals surface area contributed by atoms with E-state index in [4.69, 9.17) is 10.8 Å². The predicted molar refractivity (Wildman–Crippen MR) is 57.1 cm³/mol. The standard InChI is InChI=1S/C9H13N5O3/c10-7-6(11-13-12-7)8(15)14-3-1-2-5(4-14)9(16)17/h5H,1-4H2,(H,16,17)(H3,10,11,12,13). The van der Waals surface area contributed by atoms with E-state index in [2.05, 4.69) is 15.4 Å². The summed E-state index contributed by atoms with van der Waals surface area (Å²) in [5, 5.41) is 18.4. The Hall–Kier alpha value is -2.12. The fourth-order valence-corrected chi connectivity index (χ4v) is 1.91. The smallest absolute Gasteiger partial charge is 0.308 e. The molecule has 1 saturated heterocycles. The molecule has 0 bridgehead atoms. The van der Waals surface area contributed by atoms with Gasteiger partial charge in [-0.1, -0.05) is 0 Å². The number of nitrogens with two attached hydrogens (primary N) is 1. The molecule has 8 nitrogen and oxygen atoms in total. The zero-order valence-corrected chi connectivity index (χ0v) is 9.09. The van der Waals surface area contributed by atoms with Crippen LogP contribution in [0.15, 0.2) is 0 Å². The third kappa shape index (κ3) is 2.19. The van der Waals surface area contributed by atoms with Gasteiger partial charge in [0.25, 0.3) is 5.91 Å². The highest BCUT2D eigenvalue weighted by Gasteiger charge is 2.30. The van der Waals surface area contributed by atoms with Crippen molar-refractivity contribution < 1.29 is 14.7 Å². The lowest BCUT2D eigenvalue weighted by molar-refractivity contribution is -0.143. The Kier molecular flexibility index (Phi) is 2.94. The van der Waals surface area contributed by atoms with Gasteiger partial charge in [-0.05, 0) is 12.8 Å². The second-order valence-electron chi connectivity index (χ2n) is 3.99. The number of carboxylic acid groups (broad SMARTS) is 1. The summed E-state index contributed by atoms with van der Waals surface area (Å²) in [6.07, 6.45) is 1.26. The maximum atomic E-state index is 12.0. The van der Waals surface area contributed by atoms with Gasteiger partial charge in [0.05, 0.1) is 5.92 Å². The van der Waals surface area contributed by atoms with Crippen LogP contribution in [0.25, 0.3) is 0 Å². The first kappa shape index (κ1) is 11.4. The first-order valence-electron chi connectivity index (χ1n) is 5.28. The Bertz CT molecular complexity index is 444. The van der Waals surface area contributed by atoms with Crippen LogP contribution in [0, 0.1) is 5.92 Å². The summed E-state index contributed by atoms with van der Waals surface area (Å²) in [5.74, 6) is -1.73. The number of nitrogens with one attached hydrogen (secondary N) is 1. The molecule has 0 saturated carbocycles. The molecule has 92 valence electrons. The third-order valence-corrected chi connectivity index (χ3v) is 2.84. The summed E-state index contributed by atoms with van der Waals surface area (Å²) in [5.41, 5.74) is 5.53. The molecule has 4 N–H and O–H groups in total. The Morgan fingerprint density at radius 2 is 2.24 bits per heavy atom. The van der Waals surface area contributed by atoms with Gasteiger partial charge in [0.15, 0.2) is 11.5 Å². The van der Waals surface area contributed by atoms with E-state index in [1.807, 2.05) is 0 Å². The van der Waals surface area contributed by atoms with Gasteiger partial charge in [-0.3, -0.25) is 9.59 Å². The molecule has 1 fully saturated rings. The van der Waals surface area contributed by atoms with Crippen LogP contribution in [0.1, 0.15) is 23.3 Å². The lowest BCUT2D eigenvalue weighted by Gasteiger charge is -2.30. The summed E-state index contributed by atoms with van der Waals surface area (Å²) >= 11 is 0. The summed E-state index contributed by atoms with van der Waals surface area (Å²) in [7, 11) is 0. The van der Waals surface area contributed by atoms with Gasteiger partial charge in [-0.15, -0.1) is 10.2 Å². The minimum atomic E-state index is -0.879. The van der Waals surface area contributed by atoms with E-state index in [9.17, 15) is 9.59 Å². The van der Waals surface area contributed by atoms with Gasteiger partial charge in [0, 0.05) is 13.1 Å². The third-order valence-electron chi connectivity index (χ3n) is 2.84. The van der Waals surface area contributed by atoms with Gasteiger partial charge in [-0.2, -0.15) is 5.21 Å². The average molecular weight is 239 g/mol. The lowest BCUT2D eigenvalue weighted by Crippen LogP contribution is -2.42. The van der Waals surface area contributed by atoms with E-state index in [-0.39, 0.29) is 24.0 Å². The first-order valence-corrected chi connectivity index (χ1v) is 5.28. The number of anilines is 1. The van der Waals surface area contributed by atoms with E-state index >= 15 is 0 Å². The number of piperidine rings is 1. The second kappa shape index (κ2) is 4.40. The van der Waals surface area contributed by atoms with Crippen LogP contribution in [0.4, 0.5) is 5.82 Å². The Morgan fingerprint density at radius 3 is 2.82 bits per heavy atom. The van der Waals surface area contributed by atoms with Crippen LogP contribution < -0.4 is 5.73 Å². The number of likely N-dealkylation sites (tertiary alicyclic amines) is 1. The van der Waals surface area contributed by atoms with Crippen LogP contribution in [-0.2, 0) is 4.79 Å². The molecule has 17 heavy (non-hydrogen) atoms. The molecule has 8 heteroatoms. The van der Waals surface area contributed by atoms with E-state index in [1.165, 1.54) is 4.90 Å². The van der Waals surface area contributed by atoms with Crippen molar-refractivity contribution in [3.8, 4) is 0 Å². The number of nitrogen functional groups attached to an aromatic ring is 1. The minimum Gasteiger partial charge on any atom is -0.481 e. The summed E-state index contributed by atoms with van der Waals surface area (Å²) in [6, 6.07) is 0. The Labute approximate surface area is 96.8 Å². The Morgan fingerprint density at radius 1 is 1.47 bits per heavy atom. The lowest BCUT2D eigenvalue weighted by atomic mass is 9.98. The highest BCUT2D eigenvalue weighted by molar-refractivity contribution is 5.96. The molecule has 1 aliphatic heterocycles. The van der Waals surface area contributed by atoms with Crippen LogP contribution in [0.3, 0.4) is 0 Å². The van der Waals surface area contributed by atoms with Crippen molar-refractivity contribution in [1.82, 2.24) is 20.3 Å². The molecule has 2 heterocycles. The quantitative estimate of drug-likeness (QED) is 0.628. The van der Waals surface area contributed by atoms with E-state index in [1.54, 1.807) is 0 Å². The van der Waals surface area contributed by atoms with Crippen molar-refractivity contribution in [2.24, 2.45) is 5.92 Å². The number of amides is 1. The number of carbonyl (C=O) groups is 2. The summed E-state index contributed by atoms with van der Waals surface area (Å²) < 4.78 is 0. The summed E-state index contributed by atoms with van der Waals surface area (Å²) in [4.78, 5) is 24.3. The highest BCUT2D eigenvalue weighted by atomic mass is 16.4. The molecule has 1 atom stereocenters. The molecule has 1 unspecified atom stereocenters. The van der Waals surface area contributed by atoms with Gasteiger partial charge in [-0.25, -0.2) is 0 Å². The topological polar surface area (TPSA) is 125 Å². The molecule has 0 aliphatic carbocycles. The van der Waals surface area contributed by atoms with E-state index in [0.717, 1.165) is 0 Å².